The third kappa shape index (κ3) is 2.73. The van der Waals surface area contributed by atoms with Crippen molar-refractivity contribution in [2.45, 2.75) is 63.1 Å². The van der Waals surface area contributed by atoms with Crippen LogP contribution >= 0.6 is 0 Å². The number of ether oxygens (including phenoxy) is 1. The average Bonchev–Trinajstić information content (AvgIpc) is 2.78. The second kappa shape index (κ2) is 5.89. The lowest BCUT2D eigenvalue weighted by Gasteiger charge is -2.37. The van der Waals surface area contributed by atoms with E-state index < -0.39 is 0 Å². The maximum absolute atomic E-state index is 5.53. The van der Waals surface area contributed by atoms with Gasteiger partial charge in [0.25, 0.3) is 0 Å². The molecule has 3 heteroatoms. The molecule has 104 valence electrons. The Morgan fingerprint density at radius 2 is 1.67 bits per heavy atom. The fourth-order valence-electron chi connectivity index (χ4n) is 4.19. The molecule has 2 saturated heterocycles. The zero-order valence-electron chi connectivity index (χ0n) is 11.8. The topological polar surface area (TPSA) is 15.7 Å². The third-order valence-corrected chi connectivity index (χ3v) is 5.29. The van der Waals surface area contributed by atoms with E-state index in [2.05, 4.69) is 9.80 Å². The van der Waals surface area contributed by atoms with Gasteiger partial charge in [0.05, 0.1) is 6.10 Å². The minimum absolute atomic E-state index is 0.528. The summed E-state index contributed by atoms with van der Waals surface area (Å²) in [6.07, 6.45) is 10.1. The van der Waals surface area contributed by atoms with E-state index in [0.717, 1.165) is 12.1 Å². The lowest BCUT2D eigenvalue weighted by atomic mass is 10.0. The van der Waals surface area contributed by atoms with Crippen LogP contribution in [0.2, 0.25) is 0 Å². The molecule has 18 heavy (non-hydrogen) atoms. The van der Waals surface area contributed by atoms with Crippen LogP contribution in [0.15, 0.2) is 0 Å². The van der Waals surface area contributed by atoms with E-state index in [1.54, 1.807) is 0 Å². The number of methoxy groups -OCH3 is 1. The Balaban J connectivity index is 1.59. The highest BCUT2D eigenvalue weighted by molar-refractivity contribution is 4.89. The normalized spacial score (nSPS) is 39.5. The van der Waals surface area contributed by atoms with Crippen molar-refractivity contribution in [1.82, 2.24) is 9.80 Å². The number of nitrogens with zero attached hydrogens (tertiary/aromatic N) is 2. The molecular formula is C15H28N2O. The maximum atomic E-state index is 5.53. The second-order valence-corrected chi connectivity index (χ2v) is 6.36. The molecule has 0 aromatic carbocycles. The maximum Gasteiger partial charge on any atom is 0.0586 e. The van der Waals surface area contributed by atoms with E-state index in [0.29, 0.717) is 6.10 Å². The van der Waals surface area contributed by atoms with Gasteiger partial charge in [-0.15, -0.1) is 0 Å². The van der Waals surface area contributed by atoms with Crippen molar-refractivity contribution in [3.05, 3.63) is 0 Å². The Morgan fingerprint density at radius 3 is 2.50 bits per heavy atom. The van der Waals surface area contributed by atoms with Crippen molar-refractivity contribution < 1.29 is 4.74 Å². The molecule has 0 aromatic heterocycles. The van der Waals surface area contributed by atoms with E-state index in [9.17, 15) is 0 Å². The van der Waals surface area contributed by atoms with Crippen LogP contribution in [0.5, 0.6) is 0 Å². The SMILES string of the molecule is COC1CCC(N2CCCN3CCCCC3C2)C1. The summed E-state index contributed by atoms with van der Waals surface area (Å²) in [6.45, 7) is 5.32. The van der Waals surface area contributed by atoms with Crippen LogP contribution in [-0.4, -0.2) is 61.3 Å². The highest BCUT2D eigenvalue weighted by Crippen LogP contribution is 2.29. The van der Waals surface area contributed by atoms with Crippen molar-refractivity contribution in [2.75, 3.05) is 33.3 Å². The average molecular weight is 252 g/mol. The molecule has 3 fully saturated rings. The lowest BCUT2D eigenvalue weighted by Crippen LogP contribution is -2.46. The summed E-state index contributed by atoms with van der Waals surface area (Å²) in [5.74, 6) is 0. The minimum Gasteiger partial charge on any atom is -0.381 e. The molecule has 0 N–H and O–H groups in total. The predicted octanol–water partition coefficient (Wildman–Crippen LogP) is 2.11. The summed E-state index contributed by atoms with van der Waals surface area (Å²) in [6, 6.07) is 1.65. The number of rotatable bonds is 2. The Morgan fingerprint density at radius 1 is 0.833 bits per heavy atom. The van der Waals surface area contributed by atoms with E-state index in [1.165, 1.54) is 71.1 Å². The van der Waals surface area contributed by atoms with Crippen LogP contribution in [0.1, 0.15) is 44.9 Å². The van der Waals surface area contributed by atoms with Gasteiger partial charge in [0.2, 0.25) is 0 Å². The number of hydrogen-bond donors (Lipinski definition) is 0. The molecule has 2 heterocycles. The molecule has 3 rings (SSSR count). The largest absolute Gasteiger partial charge is 0.381 e. The molecule has 3 unspecified atom stereocenters. The van der Waals surface area contributed by atoms with Crippen LogP contribution < -0.4 is 0 Å². The molecule has 0 spiro atoms. The summed E-state index contributed by atoms with van der Waals surface area (Å²) >= 11 is 0. The Kier molecular flexibility index (Phi) is 4.22. The van der Waals surface area contributed by atoms with Crippen LogP contribution in [0.3, 0.4) is 0 Å². The molecule has 1 saturated carbocycles. The molecule has 2 aliphatic heterocycles. The van der Waals surface area contributed by atoms with Crippen LogP contribution in [0.25, 0.3) is 0 Å². The first-order valence-corrected chi connectivity index (χ1v) is 7.87. The van der Waals surface area contributed by atoms with Gasteiger partial charge in [-0.05, 0) is 58.2 Å². The number of piperidine rings is 1. The first kappa shape index (κ1) is 12.9. The van der Waals surface area contributed by atoms with Crippen LogP contribution in [-0.2, 0) is 4.74 Å². The summed E-state index contributed by atoms with van der Waals surface area (Å²) in [5.41, 5.74) is 0. The smallest absolute Gasteiger partial charge is 0.0586 e. The van der Waals surface area contributed by atoms with Crippen molar-refractivity contribution in [2.24, 2.45) is 0 Å². The molecule has 1 aliphatic carbocycles. The summed E-state index contributed by atoms with van der Waals surface area (Å²) in [4.78, 5) is 5.54. The second-order valence-electron chi connectivity index (χ2n) is 6.36. The summed E-state index contributed by atoms with van der Waals surface area (Å²) in [5, 5.41) is 0. The van der Waals surface area contributed by atoms with E-state index in [-0.39, 0.29) is 0 Å². The first-order valence-electron chi connectivity index (χ1n) is 7.87. The Labute approximate surface area is 111 Å². The quantitative estimate of drug-likeness (QED) is 0.748. The van der Waals surface area contributed by atoms with Crippen molar-refractivity contribution in [3.63, 3.8) is 0 Å². The molecule has 0 radical (unpaired) electrons. The van der Waals surface area contributed by atoms with Crippen molar-refractivity contribution in [1.29, 1.82) is 0 Å². The molecule has 3 aliphatic rings. The van der Waals surface area contributed by atoms with Gasteiger partial charge in [0.15, 0.2) is 0 Å². The highest BCUT2D eigenvalue weighted by Gasteiger charge is 2.33. The molecular weight excluding hydrogens is 224 g/mol. The highest BCUT2D eigenvalue weighted by atomic mass is 16.5. The Hall–Kier alpha value is -0.120. The van der Waals surface area contributed by atoms with Gasteiger partial charge in [-0.3, -0.25) is 9.80 Å². The van der Waals surface area contributed by atoms with E-state index >= 15 is 0 Å². The van der Waals surface area contributed by atoms with E-state index in [4.69, 9.17) is 4.74 Å². The van der Waals surface area contributed by atoms with Crippen molar-refractivity contribution >= 4 is 0 Å². The molecule has 0 amide bonds. The van der Waals surface area contributed by atoms with Gasteiger partial charge < -0.3 is 4.74 Å². The zero-order chi connectivity index (χ0) is 12.4. The molecule has 3 atom stereocenters. The monoisotopic (exact) mass is 252 g/mol. The van der Waals surface area contributed by atoms with Gasteiger partial charge >= 0.3 is 0 Å². The molecule has 0 aromatic rings. The number of fused-ring (bicyclic) bond motifs is 1. The summed E-state index contributed by atoms with van der Waals surface area (Å²) in [7, 11) is 1.87. The van der Waals surface area contributed by atoms with Crippen LogP contribution in [0.4, 0.5) is 0 Å². The minimum atomic E-state index is 0.528. The lowest BCUT2D eigenvalue weighted by molar-refractivity contribution is 0.0891. The van der Waals surface area contributed by atoms with Gasteiger partial charge in [0, 0.05) is 25.7 Å². The standard InChI is InChI=1S/C15H28N2O/c1-18-15-7-6-13(11-15)17-10-4-9-16-8-3-2-5-14(16)12-17/h13-15H,2-12H2,1H3. The summed E-state index contributed by atoms with van der Waals surface area (Å²) < 4.78 is 5.53. The molecule has 0 bridgehead atoms. The number of hydrogen-bond acceptors (Lipinski definition) is 3. The van der Waals surface area contributed by atoms with Gasteiger partial charge in [-0.1, -0.05) is 6.42 Å². The van der Waals surface area contributed by atoms with Gasteiger partial charge in [-0.2, -0.15) is 0 Å². The van der Waals surface area contributed by atoms with E-state index in [1.807, 2.05) is 7.11 Å². The third-order valence-electron chi connectivity index (χ3n) is 5.29. The van der Waals surface area contributed by atoms with Crippen molar-refractivity contribution in [3.8, 4) is 0 Å². The zero-order valence-corrected chi connectivity index (χ0v) is 11.8. The van der Waals surface area contributed by atoms with Gasteiger partial charge in [-0.25, -0.2) is 0 Å². The first-order chi connectivity index (χ1) is 8.86. The van der Waals surface area contributed by atoms with Crippen LogP contribution in [0, 0.1) is 0 Å². The molecule has 3 nitrogen and oxygen atoms in total. The Bertz CT molecular complexity index is 271. The predicted molar refractivity (Wildman–Crippen MR) is 73.8 cm³/mol. The van der Waals surface area contributed by atoms with Gasteiger partial charge in [0.1, 0.15) is 0 Å². The fraction of sp³-hybridized carbons (Fsp3) is 1.00. The fourth-order valence-corrected chi connectivity index (χ4v) is 4.19.